The monoisotopic (exact) mass is 359 g/mol. The van der Waals surface area contributed by atoms with Gasteiger partial charge in [-0.1, -0.05) is 51.8 Å². The molecule has 0 saturated carbocycles. The Balaban J connectivity index is 1.78. The first kappa shape index (κ1) is 13.4. The third-order valence-corrected chi connectivity index (χ3v) is 5.32. The minimum Gasteiger partial charge on any atom is -0.378 e. The maximum atomic E-state index is 6.18. The molecule has 2 aromatic rings. The first-order chi connectivity index (χ1) is 10.2. The van der Waals surface area contributed by atoms with Crippen LogP contribution in [-0.2, 0) is 0 Å². The van der Waals surface area contributed by atoms with Gasteiger partial charge in [0.15, 0.2) is 0 Å². The van der Waals surface area contributed by atoms with Crippen LogP contribution in [0.3, 0.4) is 0 Å². The number of nitrogens with one attached hydrogen (secondary N) is 1. The first-order valence-corrected chi connectivity index (χ1v) is 8.37. The zero-order valence-corrected chi connectivity index (χ0v) is 13.7. The molecule has 21 heavy (non-hydrogen) atoms. The lowest BCUT2D eigenvalue weighted by atomic mass is 9.77. The van der Waals surface area contributed by atoms with Crippen LogP contribution in [0, 0.1) is 5.92 Å². The van der Waals surface area contributed by atoms with Gasteiger partial charge in [-0.2, -0.15) is 0 Å². The maximum Gasteiger partial charge on any atom is 0.0553 e. The lowest BCUT2D eigenvalue weighted by Gasteiger charge is -2.37. The van der Waals surface area contributed by atoms with Crippen molar-refractivity contribution in [3.05, 3.63) is 75.2 Å². The highest BCUT2D eigenvalue weighted by Gasteiger charge is 2.37. The molecule has 0 aromatic heterocycles. The van der Waals surface area contributed by atoms with E-state index >= 15 is 0 Å². The standard InChI is InChI=1S/C18H15BrClN/c19-12-6-4-11(5-7-12)18-15-3-1-2-14(15)16-10-13(20)8-9-17(16)21-18/h1-2,4-10,14-15,18,21H,3H2/t14-,15-,18+/m0/s1. The number of halogens is 2. The van der Waals surface area contributed by atoms with Crippen molar-refractivity contribution in [3.8, 4) is 0 Å². The fraction of sp³-hybridized carbons (Fsp3) is 0.222. The van der Waals surface area contributed by atoms with Gasteiger partial charge in [-0.25, -0.2) is 0 Å². The van der Waals surface area contributed by atoms with Gasteiger partial charge in [0.25, 0.3) is 0 Å². The molecule has 1 N–H and O–H groups in total. The van der Waals surface area contributed by atoms with E-state index < -0.39 is 0 Å². The van der Waals surface area contributed by atoms with Crippen molar-refractivity contribution in [2.45, 2.75) is 18.4 Å². The molecule has 1 aliphatic carbocycles. The van der Waals surface area contributed by atoms with Crippen LogP contribution in [0.15, 0.2) is 59.1 Å². The predicted molar refractivity (Wildman–Crippen MR) is 91.9 cm³/mol. The summed E-state index contributed by atoms with van der Waals surface area (Å²) in [5, 5.41) is 4.53. The number of fused-ring (bicyclic) bond motifs is 3. The van der Waals surface area contributed by atoms with Gasteiger partial charge in [0.1, 0.15) is 0 Å². The Hall–Kier alpha value is -1.25. The number of hydrogen-bond donors (Lipinski definition) is 1. The second-order valence-electron chi connectivity index (χ2n) is 5.76. The molecule has 1 aliphatic heterocycles. The molecule has 4 rings (SSSR count). The van der Waals surface area contributed by atoms with Crippen LogP contribution in [0.2, 0.25) is 5.02 Å². The molecule has 2 aliphatic rings. The largest absolute Gasteiger partial charge is 0.378 e. The summed E-state index contributed by atoms with van der Waals surface area (Å²) >= 11 is 9.69. The predicted octanol–water partition coefficient (Wildman–Crippen LogP) is 5.93. The van der Waals surface area contributed by atoms with E-state index in [4.69, 9.17) is 11.6 Å². The van der Waals surface area contributed by atoms with Crippen molar-refractivity contribution in [1.82, 2.24) is 0 Å². The molecule has 0 fully saturated rings. The van der Waals surface area contributed by atoms with Crippen molar-refractivity contribution in [3.63, 3.8) is 0 Å². The summed E-state index contributed by atoms with van der Waals surface area (Å²) in [5.74, 6) is 1.03. The van der Waals surface area contributed by atoms with E-state index in [-0.39, 0.29) is 0 Å². The molecular formula is C18H15BrClN. The molecular weight excluding hydrogens is 346 g/mol. The smallest absolute Gasteiger partial charge is 0.0553 e. The Morgan fingerprint density at radius 1 is 1.10 bits per heavy atom. The Labute approximate surface area is 138 Å². The molecule has 0 amide bonds. The van der Waals surface area contributed by atoms with E-state index in [0.717, 1.165) is 15.9 Å². The van der Waals surface area contributed by atoms with Crippen molar-refractivity contribution >= 4 is 33.2 Å². The summed E-state index contributed by atoms with van der Waals surface area (Å²) < 4.78 is 1.12. The van der Waals surface area contributed by atoms with Gasteiger partial charge >= 0.3 is 0 Å². The highest BCUT2D eigenvalue weighted by molar-refractivity contribution is 9.10. The zero-order chi connectivity index (χ0) is 14.4. The topological polar surface area (TPSA) is 12.0 Å². The third kappa shape index (κ3) is 2.31. The van der Waals surface area contributed by atoms with Crippen LogP contribution >= 0.6 is 27.5 Å². The van der Waals surface area contributed by atoms with E-state index in [0.29, 0.717) is 17.9 Å². The van der Waals surface area contributed by atoms with Crippen molar-refractivity contribution < 1.29 is 0 Å². The van der Waals surface area contributed by atoms with Gasteiger partial charge in [0.05, 0.1) is 6.04 Å². The third-order valence-electron chi connectivity index (χ3n) is 4.55. The number of anilines is 1. The molecule has 3 atom stereocenters. The van der Waals surface area contributed by atoms with Crippen LogP contribution in [0.5, 0.6) is 0 Å². The van der Waals surface area contributed by atoms with Crippen molar-refractivity contribution in [2.75, 3.05) is 5.32 Å². The Kier molecular flexibility index (Phi) is 3.31. The highest BCUT2D eigenvalue weighted by Crippen LogP contribution is 2.50. The number of allylic oxidation sites excluding steroid dienone is 2. The minimum absolute atomic E-state index is 0.353. The van der Waals surface area contributed by atoms with Crippen molar-refractivity contribution in [1.29, 1.82) is 0 Å². The fourth-order valence-electron chi connectivity index (χ4n) is 3.57. The van der Waals surface area contributed by atoms with Gasteiger partial charge in [-0.3, -0.25) is 0 Å². The molecule has 106 valence electrons. The SMILES string of the molecule is Clc1ccc2c(c1)[C@H]1C=CC[C@@H]1[C@@H](c1ccc(Br)cc1)N2. The average Bonchev–Trinajstić information content (AvgIpc) is 2.97. The minimum atomic E-state index is 0.353. The number of benzene rings is 2. The van der Waals surface area contributed by atoms with Crippen LogP contribution < -0.4 is 5.32 Å². The Morgan fingerprint density at radius 2 is 1.90 bits per heavy atom. The first-order valence-electron chi connectivity index (χ1n) is 7.20. The lowest BCUT2D eigenvalue weighted by Crippen LogP contribution is -2.28. The average molecular weight is 361 g/mol. The summed E-state index contributed by atoms with van der Waals surface area (Å²) in [5.41, 5.74) is 3.88. The van der Waals surface area contributed by atoms with Gasteiger partial charge in [0.2, 0.25) is 0 Å². The van der Waals surface area contributed by atoms with Crippen LogP contribution in [0.25, 0.3) is 0 Å². The summed E-state index contributed by atoms with van der Waals surface area (Å²) in [7, 11) is 0. The van der Waals surface area contributed by atoms with E-state index in [1.807, 2.05) is 6.07 Å². The second-order valence-corrected chi connectivity index (χ2v) is 7.11. The summed E-state index contributed by atoms with van der Waals surface area (Å²) in [6, 6.07) is 15.2. The van der Waals surface area contributed by atoms with Crippen LogP contribution in [0.1, 0.15) is 29.5 Å². The zero-order valence-electron chi connectivity index (χ0n) is 11.4. The highest BCUT2D eigenvalue weighted by atomic mass is 79.9. The van der Waals surface area contributed by atoms with Crippen LogP contribution in [0.4, 0.5) is 5.69 Å². The molecule has 1 nitrogen and oxygen atoms in total. The molecule has 3 heteroatoms. The Morgan fingerprint density at radius 3 is 2.71 bits per heavy atom. The lowest BCUT2D eigenvalue weighted by molar-refractivity contribution is 0.425. The van der Waals surface area contributed by atoms with Gasteiger partial charge in [0, 0.05) is 21.1 Å². The second kappa shape index (κ2) is 5.19. The van der Waals surface area contributed by atoms with Gasteiger partial charge in [-0.15, -0.1) is 0 Å². The molecule has 0 unspecified atom stereocenters. The number of hydrogen-bond acceptors (Lipinski definition) is 1. The van der Waals surface area contributed by atoms with E-state index in [9.17, 15) is 0 Å². The summed E-state index contributed by atoms with van der Waals surface area (Å²) in [6.45, 7) is 0. The number of rotatable bonds is 1. The summed E-state index contributed by atoms with van der Waals surface area (Å²) in [4.78, 5) is 0. The van der Waals surface area contributed by atoms with Gasteiger partial charge < -0.3 is 5.32 Å². The molecule has 2 aromatic carbocycles. The maximum absolute atomic E-state index is 6.18. The Bertz CT molecular complexity index is 708. The molecule has 0 radical (unpaired) electrons. The molecule has 0 bridgehead atoms. The molecule has 0 spiro atoms. The summed E-state index contributed by atoms with van der Waals surface area (Å²) in [6.07, 6.45) is 5.76. The normalized spacial score (nSPS) is 26.1. The fourth-order valence-corrected chi connectivity index (χ4v) is 4.01. The molecule has 1 heterocycles. The molecule has 0 saturated heterocycles. The quantitative estimate of drug-likeness (QED) is 0.622. The van der Waals surface area contributed by atoms with E-state index in [1.54, 1.807) is 0 Å². The van der Waals surface area contributed by atoms with E-state index in [1.165, 1.54) is 16.8 Å². The van der Waals surface area contributed by atoms with Crippen LogP contribution in [-0.4, -0.2) is 0 Å². The van der Waals surface area contributed by atoms with E-state index in [2.05, 4.69) is 69.8 Å². The van der Waals surface area contributed by atoms with Crippen molar-refractivity contribution in [2.24, 2.45) is 5.92 Å². The van der Waals surface area contributed by atoms with Gasteiger partial charge in [-0.05, 0) is 53.8 Å².